The maximum atomic E-state index is 12.3. The van der Waals surface area contributed by atoms with Crippen molar-refractivity contribution < 1.29 is 9.59 Å². The summed E-state index contributed by atoms with van der Waals surface area (Å²) in [5.74, 6) is -0.00412. The minimum atomic E-state index is -0.247. The fourth-order valence-electron chi connectivity index (χ4n) is 2.15. The molecule has 1 aliphatic heterocycles. The van der Waals surface area contributed by atoms with Crippen LogP contribution in [-0.4, -0.2) is 36.5 Å². The lowest BCUT2D eigenvalue weighted by Crippen LogP contribution is -2.52. The summed E-state index contributed by atoms with van der Waals surface area (Å²) in [5.41, 5.74) is -0.139. The van der Waals surface area contributed by atoms with Crippen LogP contribution in [0.1, 0.15) is 47.5 Å². The van der Waals surface area contributed by atoms with Crippen molar-refractivity contribution in [3.05, 3.63) is 0 Å². The van der Waals surface area contributed by atoms with Crippen LogP contribution in [0.5, 0.6) is 0 Å². The van der Waals surface area contributed by atoms with Crippen LogP contribution >= 0.6 is 0 Å². The van der Waals surface area contributed by atoms with Gasteiger partial charge in [-0.1, -0.05) is 34.6 Å². The van der Waals surface area contributed by atoms with E-state index in [1.54, 1.807) is 0 Å². The van der Waals surface area contributed by atoms with Gasteiger partial charge < -0.3 is 16.0 Å². The third-order valence-electron chi connectivity index (χ3n) is 3.36. The fraction of sp³-hybridized carbons (Fsp3) is 0.857. The second kappa shape index (κ2) is 6.37. The monoisotopic (exact) mass is 269 g/mol. The van der Waals surface area contributed by atoms with Gasteiger partial charge in [0.15, 0.2) is 0 Å². The minimum absolute atomic E-state index is 0.00502. The van der Waals surface area contributed by atoms with E-state index < -0.39 is 0 Å². The quantitative estimate of drug-likeness (QED) is 0.694. The first kappa shape index (κ1) is 16.0. The molecule has 0 saturated carbocycles. The van der Waals surface area contributed by atoms with Gasteiger partial charge in [0, 0.05) is 25.0 Å². The number of hydrogen-bond donors (Lipinski definition) is 3. The van der Waals surface area contributed by atoms with Crippen molar-refractivity contribution in [3.8, 4) is 0 Å². The van der Waals surface area contributed by atoms with Gasteiger partial charge in [-0.2, -0.15) is 0 Å². The van der Waals surface area contributed by atoms with E-state index in [0.717, 1.165) is 0 Å². The van der Waals surface area contributed by atoms with E-state index in [1.165, 1.54) is 0 Å². The van der Waals surface area contributed by atoms with Gasteiger partial charge in [-0.15, -0.1) is 0 Å². The first-order valence-corrected chi connectivity index (χ1v) is 7.03. The predicted molar refractivity (Wildman–Crippen MR) is 75.7 cm³/mol. The molecule has 19 heavy (non-hydrogen) atoms. The van der Waals surface area contributed by atoms with E-state index >= 15 is 0 Å². The van der Waals surface area contributed by atoms with Gasteiger partial charge in [0.2, 0.25) is 11.8 Å². The van der Waals surface area contributed by atoms with E-state index in [9.17, 15) is 9.59 Å². The van der Waals surface area contributed by atoms with E-state index in [1.807, 2.05) is 34.6 Å². The van der Waals surface area contributed by atoms with Gasteiger partial charge in [-0.05, 0) is 11.8 Å². The predicted octanol–water partition coefficient (Wildman–Crippen LogP) is 0.794. The molecule has 0 aromatic carbocycles. The number of hydrogen-bond acceptors (Lipinski definition) is 3. The molecule has 5 heteroatoms. The molecule has 1 rings (SSSR count). The molecule has 2 amide bonds. The summed E-state index contributed by atoms with van der Waals surface area (Å²) in [6.45, 7) is 10.7. The summed E-state index contributed by atoms with van der Waals surface area (Å²) in [7, 11) is 0. The molecule has 1 saturated heterocycles. The molecule has 1 heterocycles. The Labute approximate surface area is 115 Å². The van der Waals surface area contributed by atoms with Gasteiger partial charge >= 0.3 is 0 Å². The summed E-state index contributed by atoms with van der Waals surface area (Å²) >= 11 is 0. The van der Waals surface area contributed by atoms with Crippen LogP contribution < -0.4 is 16.0 Å². The van der Waals surface area contributed by atoms with Crippen LogP contribution in [0.25, 0.3) is 0 Å². The zero-order valence-electron chi connectivity index (χ0n) is 12.7. The van der Waals surface area contributed by atoms with Crippen LogP contribution in [0.2, 0.25) is 0 Å². The van der Waals surface area contributed by atoms with Crippen LogP contribution in [0.15, 0.2) is 0 Å². The number of rotatable bonds is 2. The van der Waals surface area contributed by atoms with Crippen molar-refractivity contribution in [1.29, 1.82) is 0 Å². The molecule has 1 fully saturated rings. The summed E-state index contributed by atoms with van der Waals surface area (Å²) in [6.07, 6.45) is 0.955. The minimum Gasteiger partial charge on any atom is -0.356 e. The Hall–Kier alpha value is -1.10. The molecule has 5 nitrogen and oxygen atoms in total. The normalized spacial score (nSPS) is 26.2. The average Bonchev–Trinajstić information content (AvgIpc) is 2.29. The number of carbonyl (C=O) groups is 2. The van der Waals surface area contributed by atoms with Gasteiger partial charge in [-0.3, -0.25) is 9.59 Å². The Morgan fingerprint density at radius 1 is 1.26 bits per heavy atom. The van der Waals surface area contributed by atoms with Crippen LogP contribution in [0.4, 0.5) is 0 Å². The SMILES string of the molecule is CC(C)NC1CCNC(=O)CC(C(C)(C)C)NC1=O. The molecular weight excluding hydrogens is 242 g/mol. The Bertz CT molecular complexity index is 334. The second-order valence-electron chi connectivity index (χ2n) is 6.64. The highest BCUT2D eigenvalue weighted by Gasteiger charge is 2.32. The summed E-state index contributed by atoms with van der Waals surface area (Å²) in [4.78, 5) is 24.1. The van der Waals surface area contributed by atoms with E-state index in [4.69, 9.17) is 0 Å². The van der Waals surface area contributed by atoms with Crippen molar-refractivity contribution >= 4 is 11.8 Å². The van der Waals surface area contributed by atoms with Gasteiger partial charge in [0.05, 0.1) is 6.04 Å². The lowest BCUT2D eigenvalue weighted by Gasteiger charge is -2.32. The molecular formula is C14H27N3O2. The molecule has 110 valence electrons. The summed E-state index contributed by atoms with van der Waals surface area (Å²) in [5, 5.41) is 9.15. The van der Waals surface area contributed by atoms with Crippen molar-refractivity contribution in [3.63, 3.8) is 0 Å². The van der Waals surface area contributed by atoms with E-state index in [-0.39, 0.29) is 35.4 Å². The summed E-state index contributed by atoms with van der Waals surface area (Å²) < 4.78 is 0. The molecule has 2 unspecified atom stereocenters. The number of carbonyl (C=O) groups excluding carboxylic acids is 2. The van der Waals surface area contributed by atoms with Gasteiger partial charge in [0.1, 0.15) is 0 Å². The maximum absolute atomic E-state index is 12.3. The second-order valence-corrected chi connectivity index (χ2v) is 6.64. The lowest BCUT2D eigenvalue weighted by atomic mass is 9.84. The first-order chi connectivity index (χ1) is 8.70. The van der Waals surface area contributed by atoms with E-state index in [0.29, 0.717) is 19.4 Å². The van der Waals surface area contributed by atoms with Crippen LogP contribution in [-0.2, 0) is 9.59 Å². The lowest BCUT2D eigenvalue weighted by molar-refractivity contribution is -0.125. The highest BCUT2D eigenvalue weighted by Crippen LogP contribution is 2.22. The Kier molecular flexibility index (Phi) is 5.35. The highest BCUT2D eigenvalue weighted by molar-refractivity contribution is 5.84. The highest BCUT2D eigenvalue weighted by atomic mass is 16.2. The standard InChI is InChI=1S/C14H27N3O2/c1-9(2)16-10-6-7-15-12(18)8-11(14(3,4)5)17-13(10)19/h9-11,16H,6-8H2,1-5H3,(H,15,18)(H,17,19). The number of amides is 2. The van der Waals surface area contributed by atoms with Crippen LogP contribution in [0.3, 0.4) is 0 Å². The zero-order valence-corrected chi connectivity index (χ0v) is 12.7. The molecule has 0 aromatic rings. The van der Waals surface area contributed by atoms with Crippen molar-refractivity contribution in [2.45, 2.75) is 65.6 Å². The average molecular weight is 269 g/mol. The summed E-state index contributed by atoms with van der Waals surface area (Å²) in [6, 6.07) is -0.155. The molecule has 0 radical (unpaired) electrons. The topological polar surface area (TPSA) is 70.2 Å². The molecule has 0 aliphatic carbocycles. The molecule has 3 N–H and O–H groups in total. The number of nitrogens with one attached hydrogen (secondary N) is 3. The fourth-order valence-corrected chi connectivity index (χ4v) is 2.15. The molecule has 0 aromatic heterocycles. The first-order valence-electron chi connectivity index (χ1n) is 7.03. The Balaban J connectivity index is 2.83. The third-order valence-corrected chi connectivity index (χ3v) is 3.36. The van der Waals surface area contributed by atoms with Crippen LogP contribution in [0, 0.1) is 5.41 Å². The molecule has 0 bridgehead atoms. The third kappa shape index (κ3) is 5.19. The molecule has 2 atom stereocenters. The van der Waals surface area contributed by atoms with Crippen molar-refractivity contribution in [2.24, 2.45) is 5.41 Å². The van der Waals surface area contributed by atoms with Gasteiger partial charge in [0.25, 0.3) is 0 Å². The Morgan fingerprint density at radius 3 is 2.42 bits per heavy atom. The smallest absolute Gasteiger partial charge is 0.237 e. The van der Waals surface area contributed by atoms with Gasteiger partial charge in [-0.25, -0.2) is 0 Å². The van der Waals surface area contributed by atoms with Crippen molar-refractivity contribution in [1.82, 2.24) is 16.0 Å². The zero-order chi connectivity index (χ0) is 14.6. The largest absolute Gasteiger partial charge is 0.356 e. The molecule has 0 spiro atoms. The maximum Gasteiger partial charge on any atom is 0.237 e. The molecule has 1 aliphatic rings. The van der Waals surface area contributed by atoms with Crippen molar-refractivity contribution in [2.75, 3.05) is 6.54 Å². The van der Waals surface area contributed by atoms with E-state index in [2.05, 4.69) is 16.0 Å². The Morgan fingerprint density at radius 2 is 1.89 bits per heavy atom.